The minimum Gasteiger partial charge on any atom is -0.426 e. The number of hydrogen-bond acceptors (Lipinski definition) is 14. The minimum absolute atomic E-state index is 0.168. The van der Waals surface area contributed by atoms with E-state index in [0.717, 1.165) is 10.6 Å². The molecule has 5 atom stereocenters. The number of benzene rings is 1. The van der Waals surface area contributed by atoms with Crippen molar-refractivity contribution in [2.75, 3.05) is 40.8 Å². The number of nitrogens with zero attached hydrogens (tertiary/aromatic N) is 1. The van der Waals surface area contributed by atoms with Crippen molar-refractivity contribution in [3.05, 3.63) is 69.0 Å². The van der Waals surface area contributed by atoms with Crippen LogP contribution >= 0.6 is 7.82 Å². The van der Waals surface area contributed by atoms with Crippen LogP contribution in [0.4, 0.5) is 4.79 Å². The molecule has 41 heavy (non-hydrogen) atoms. The van der Waals surface area contributed by atoms with Gasteiger partial charge in [0.25, 0.3) is 12.0 Å². The van der Waals surface area contributed by atoms with Gasteiger partial charge in [-0.1, -0.05) is 30.3 Å². The van der Waals surface area contributed by atoms with Crippen LogP contribution in [0.15, 0.2) is 52.2 Å². The van der Waals surface area contributed by atoms with E-state index in [0.29, 0.717) is 5.56 Å². The molecule has 0 saturated carbocycles. The third kappa shape index (κ3) is 7.88. The van der Waals surface area contributed by atoms with E-state index >= 15 is 0 Å². The second-order valence-electron chi connectivity index (χ2n) is 8.93. The van der Waals surface area contributed by atoms with E-state index in [1.54, 1.807) is 30.3 Å². The lowest BCUT2D eigenvalue weighted by atomic mass is 10.0. The second-order valence-corrected chi connectivity index (χ2v) is 10.6. The van der Waals surface area contributed by atoms with Crippen LogP contribution in [0.1, 0.15) is 12.5 Å². The average molecular weight is 602 g/mol. The molecule has 2 aromatic rings. The Balaban J connectivity index is 1.47. The van der Waals surface area contributed by atoms with E-state index in [9.17, 15) is 18.9 Å². The lowest BCUT2D eigenvalue weighted by Gasteiger charge is -2.34. The Labute approximate surface area is 233 Å². The largest absolute Gasteiger partial charge is 0.510 e. The molecule has 1 aromatic carbocycles. The average Bonchev–Trinajstić information content (AvgIpc) is 3.27. The van der Waals surface area contributed by atoms with Gasteiger partial charge in [0.1, 0.15) is 12.2 Å². The van der Waals surface area contributed by atoms with Crippen molar-refractivity contribution in [2.24, 2.45) is 0 Å². The molecule has 16 nitrogen and oxygen atoms in total. The number of nitrogens with one attached hydrogen (secondary N) is 1. The molecular formula is C24H31N2O14P. The Bertz CT molecular complexity index is 1320. The Morgan fingerprint density at radius 3 is 2.54 bits per heavy atom. The van der Waals surface area contributed by atoms with Gasteiger partial charge in [-0.2, -0.15) is 0 Å². The van der Waals surface area contributed by atoms with Gasteiger partial charge in [0, 0.05) is 26.5 Å². The molecular weight excluding hydrogens is 571 g/mol. The fourth-order valence-electron chi connectivity index (χ4n) is 3.91. The fourth-order valence-corrected chi connectivity index (χ4v) is 4.95. The zero-order valence-electron chi connectivity index (χ0n) is 22.5. The van der Waals surface area contributed by atoms with Gasteiger partial charge in [0.2, 0.25) is 6.79 Å². The van der Waals surface area contributed by atoms with Crippen LogP contribution in [-0.2, 0) is 63.6 Å². The number of aromatic nitrogens is 2. The monoisotopic (exact) mass is 602 g/mol. The molecule has 2 aliphatic heterocycles. The van der Waals surface area contributed by atoms with Gasteiger partial charge in [0.15, 0.2) is 11.8 Å². The van der Waals surface area contributed by atoms with E-state index in [1.165, 1.54) is 27.3 Å². The Hall–Kier alpha value is -2.92. The molecule has 0 aliphatic carbocycles. The second kappa shape index (κ2) is 13.8. The predicted octanol–water partition coefficient (Wildman–Crippen LogP) is 1.44. The molecule has 1 N–H and O–H groups in total. The summed E-state index contributed by atoms with van der Waals surface area (Å²) in [6.45, 7) is -0.663. The molecule has 0 radical (unpaired) electrons. The minimum atomic E-state index is -4.41. The number of carbonyl (C=O) groups is 1. The van der Waals surface area contributed by atoms with Crippen molar-refractivity contribution in [1.29, 1.82) is 0 Å². The molecule has 4 rings (SSSR count). The van der Waals surface area contributed by atoms with E-state index in [2.05, 4.69) is 4.98 Å². The van der Waals surface area contributed by atoms with E-state index < -0.39 is 69.1 Å². The highest BCUT2D eigenvalue weighted by molar-refractivity contribution is 7.48. The van der Waals surface area contributed by atoms with Crippen LogP contribution in [0, 0.1) is 0 Å². The number of phosphoric acid groups is 1. The highest BCUT2D eigenvalue weighted by Gasteiger charge is 2.53. The number of rotatable bonds is 14. The SMILES string of the molecule is COC1O[C@H]([C@@H](COP(=O)(OCOC(=O)OC2COC2)OCc2ccccc2)OC)C(C)(n2ccc(=O)[nH]c2=O)O1. The van der Waals surface area contributed by atoms with Crippen LogP contribution in [-0.4, -0.2) is 81.3 Å². The van der Waals surface area contributed by atoms with Gasteiger partial charge in [-0.3, -0.25) is 23.4 Å². The third-order valence-electron chi connectivity index (χ3n) is 6.14. The number of ether oxygens (including phenoxy) is 7. The smallest absolute Gasteiger partial charge is 0.426 e. The first-order chi connectivity index (χ1) is 19.7. The van der Waals surface area contributed by atoms with Crippen molar-refractivity contribution in [2.45, 2.75) is 44.0 Å². The summed E-state index contributed by atoms with van der Waals surface area (Å²) in [7, 11) is -1.76. The topological polar surface area (TPSA) is 181 Å². The van der Waals surface area contributed by atoms with E-state index in [-0.39, 0.29) is 19.8 Å². The summed E-state index contributed by atoms with van der Waals surface area (Å²) < 4.78 is 68.0. The molecule has 3 heterocycles. The molecule has 0 spiro atoms. The predicted molar refractivity (Wildman–Crippen MR) is 135 cm³/mol. The molecule has 2 fully saturated rings. The molecule has 0 amide bonds. The Kier molecular flexibility index (Phi) is 10.5. The van der Waals surface area contributed by atoms with Crippen LogP contribution in [0.3, 0.4) is 0 Å². The first-order valence-electron chi connectivity index (χ1n) is 12.4. The molecule has 17 heteroatoms. The van der Waals surface area contributed by atoms with Crippen LogP contribution in [0.2, 0.25) is 0 Å². The number of hydrogen-bond donors (Lipinski definition) is 1. The highest BCUT2D eigenvalue weighted by atomic mass is 31.2. The number of aromatic amines is 1. The van der Waals surface area contributed by atoms with Crippen molar-refractivity contribution in [1.82, 2.24) is 9.55 Å². The maximum atomic E-state index is 13.6. The number of phosphoric ester groups is 1. The van der Waals surface area contributed by atoms with Gasteiger partial charge in [0.05, 0.1) is 26.4 Å². The highest BCUT2D eigenvalue weighted by Crippen LogP contribution is 2.51. The summed E-state index contributed by atoms with van der Waals surface area (Å²) in [5.41, 5.74) is -2.30. The number of H-pyrrole nitrogens is 1. The fraction of sp³-hybridized carbons (Fsp3) is 0.542. The maximum Gasteiger partial charge on any atom is 0.510 e. The van der Waals surface area contributed by atoms with Gasteiger partial charge >= 0.3 is 19.7 Å². The van der Waals surface area contributed by atoms with Gasteiger partial charge in [-0.25, -0.2) is 18.7 Å². The van der Waals surface area contributed by atoms with Crippen molar-refractivity contribution < 1.29 is 56.1 Å². The standard InChI is InChI=1S/C24H31N2O14P/c1-24(26-10-9-19(27)25-21(26)28)20(39-23(32-3)40-24)18(31-2)14-36-41(30,35-11-16-7-5-4-6-8-16)37-15-34-22(29)38-17-12-33-13-17/h4-10,17-18,20,23H,11-15H2,1-3H3,(H,25,27,28)/t18-,20-,23?,24?,41?/m1/s1. The number of carbonyl (C=O) groups excluding carboxylic acids is 1. The maximum absolute atomic E-state index is 13.6. The lowest BCUT2D eigenvalue weighted by molar-refractivity contribution is -0.249. The summed E-state index contributed by atoms with van der Waals surface area (Å²) in [6.07, 6.45) is -2.41. The van der Waals surface area contributed by atoms with E-state index in [1.807, 2.05) is 0 Å². The Morgan fingerprint density at radius 2 is 1.90 bits per heavy atom. The van der Waals surface area contributed by atoms with Gasteiger partial charge in [-0.05, 0) is 12.5 Å². The van der Waals surface area contributed by atoms with Gasteiger partial charge < -0.3 is 33.2 Å². The zero-order valence-corrected chi connectivity index (χ0v) is 23.4. The molecule has 1 aromatic heterocycles. The lowest BCUT2D eigenvalue weighted by Crippen LogP contribution is -2.53. The molecule has 3 unspecified atom stereocenters. The zero-order chi connectivity index (χ0) is 29.5. The van der Waals surface area contributed by atoms with Crippen LogP contribution < -0.4 is 11.2 Å². The first kappa shape index (κ1) is 31.0. The van der Waals surface area contributed by atoms with Crippen LogP contribution in [0.25, 0.3) is 0 Å². The molecule has 2 aliphatic rings. The summed E-state index contributed by atoms with van der Waals surface area (Å²) in [5, 5.41) is 0. The quantitative estimate of drug-likeness (QED) is 0.186. The Morgan fingerprint density at radius 1 is 1.15 bits per heavy atom. The first-order valence-corrected chi connectivity index (χ1v) is 13.8. The molecule has 0 bridgehead atoms. The summed E-state index contributed by atoms with van der Waals surface area (Å²) in [5.74, 6) is 0. The van der Waals surface area contributed by atoms with Crippen molar-refractivity contribution in [3.63, 3.8) is 0 Å². The third-order valence-corrected chi connectivity index (χ3v) is 7.47. The van der Waals surface area contributed by atoms with Crippen LogP contribution in [0.5, 0.6) is 0 Å². The van der Waals surface area contributed by atoms with Crippen molar-refractivity contribution in [3.8, 4) is 0 Å². The normalized spacial score (nSPS) is 24.8. The summed E-state index contributed by atoms with van der Waals surface area (Å²) >= 11 is 0. The molecule has 226 valence electrons. The van der Waals surface area contributed by atoms with Gasteiger partial charge in [-0.15, -0.1) is 0 Å². The van der Waals surface area contributed by atoms with E-state index in [4.69, 9.17) is 46.7 Å². The van der Waals surface area contributed by atoms with Crippen molar-refractivity contribution >= 4 is 14.0 Å². The number of methoxy groups -OCH3 is 2. The summed E-state index contributed by atoms with van der Waals surface area (Å²) in [6, 6.07) is 9.93. The summed E-state index contributed by atoms with van der Waals surface area (Å²) in [4.78, 5) is 38.2. The molecule has 2 saturated heterocycles.